The summed E-state index contributed by atoms with van der Waals surface area (Å²) in [6, 6.07) is 16.0. The third-order valence-corrected chi connectivity index (χ3v) is 4.49. The maximum Gasteiger partial charge on any atom is 0.240 e. The van der Waals surface area contributed by atoms with E-state index < -0.39 is 10.0 Å². The molecule has 0 saturated carbocycles. The monoisotopic (exact) mass is 305 g/mol. The van der Waals surface area contributed by atoms with Crippen LogP contribution in [0.3, 0.4) is 0 Å². The molecule has 1 N–H and O–H groups in total. The van der Waals surface area contributed by atoms with Crippen molar-refractivity contribution in [2.24, 2.45) is 0 Å². The molecule has 0 spiro atoms. The number of ether oxygens (including phenoxy) is 1. The summed E-state index contributed by atoms with van der Waals surface area (Å²) in [6.45, 7) is 2.85. The van der Waals surface area contributed by atoms with Gasteiger partial charge in [0.1, 0.15) is 5.75 Å². The standard InChI is InChI=1S/C16H19NO3S/c1-2-20-16-11-7-6-8-14(16)12-13-17-21(18,19)15-9-4-3-5-10-15/h3-11,17H,2,12-13H2,1H3. The summed E-state index contributed by atoms with van der Waals surface area (Å²) in [5.41, 5.74) is 0.995. The molecule has 2 aromatic rings. The van der Waals surface area contributed by atoms with Crippen molar-refractivity contribution in [3.63, 3.8) is 0 Å². The van der Waals surface area contributed by atoms with E-state index in [0.29, 0.717) is 19.6 Å². The first-order valence-corrected chi connectivity index (χ1v) is 8.37. The van der Waals surface area contributed by atoms with Gasteiger partial charge in [0.15, 0.2) is 0 Å². The highest BCUT2D eigenvalue weighted by atomic mass is 32.2. The first-order chi connectivity index (χ1) is 10.1. The Morgan fingerprint density at radius 3 is 2.38 bits per heavy atom. The van der Waals surface area contributed by atoms with Crippen LogP contribution in [0.1, 0.15) is 12.5 Å². The predicted molar refractivity (Wildman–Crippen MR) is 82.9 cm³/mol. The van der Waals surface area contributed by atoms with Crippen LogP contribution >= 0.6 is 0 Å². The van der Waals surface area contributed by atoms with Crippen molar-refractivity contribution in [3.8, 4) is 5.75 Å². The average Bonchev–Trinajstić information content (AvgIpc) is 2.50. The molecule has 0 heterocycles. The Morgan fingerprint density at radius 1 is 1.00 bits per heavy atom. The summed E-state index contributed by atoms with van der Waals surface area (Å²) >= 11 is 0. The van der Waals surface area contributed by atoms with Crippen molar-refractivity contribution in [1.82, 2.24) is 4.72 Å². The molecular formula is C16H19NO3S. The highest BCUT2D eigenvalue weighted by Crippen LogP contribution is 2.18. The van der Waals surface area contributed by atoms with Crippen molar-refractivity contribution in [1.29, 1.82) is 0 Å². The van der Waals surface area contributed by atoms with Gasteiger partial charge in [-0.25, -0.2) is 13.1 Å². The zero-order valence-electron chi connectivity index (χ0n) is 12.0. The van der Waals surface area contributed by atoms with E-state index in [2.05, 4.69) is 4.72 Å². The van der Waals surface area contributed by atoms with Crippen molar-refractivity contribution < 1.29 is 13.2 Å². The van der Waals surface area contributed by atoms with Gasteiger partial charge < -0.3 is 4.74 Å². The Bertz CT molecular complexity index is 669. The molecule has 0 aliphatic rings. The van der Waals surface area contributed by atoms with E-state index in [9.17, 15) is 8.42 Å². The lowest BCUT2D eigenvalue weighted by Gasteiger charge is -2.10. The number of nitrogens with one attached hydrogen (secondary N) is 1. The second-order valence-electron chi connectivity index (χ2n) is 4.50. The van der Waals surface area contributed by atoms with E-state index in [-0.39, 0.29) is 4.90 Å². The van der Waals surface area contributed by atoms with E-state index in [0.717, 1.165) is 11.3 Å². The van der Waals surface area contributed by atoms with Gasteiger partial charge in [0, 0.05) is 6.54 Å². The second kappa shape index (κ2) is 7.24. The van der Waals surface area contributed by atoms with E-state index >= 15 is 0 Å². The molecule has 5 heteroatoms. The SMILES string of the molecule is CCOc1ccccc1CCNS(=O)(=O)c1ccccc1. The fourth-order valence-electron chi connectivity index (χ4n) is 2.01. The fourth-order valence-corrected chi connectivity index (χ4v) is 3.06. The Hall–Kier alpha value is -1.85. The van der Waals surface area contributed by atoms with Crippen LogP contribution in [0.25, 0.3) is 0 Å². The molecule has 2 aromatic carbocycles. The van der Waals surface area contributed by atoms with Crippen molar-refractivity contribution in [2.45, 2.75) is 18.2 Å². The Kier molecular flexibility index (Phi) is 5.36. The van der Waals surface area contributed by atoms with Gasteiger partial charge in [0.25, 0.3) is 0 Å². The number of hydrogen-bond acceptors (Lipinski definition) is 3. The van der Waals surface area contributed by atoms with Gasteiger partial charge in [0.05, 0.1) is 11.5 Å². The number of para-hydroxylation sites is 1. The first-order valence-electron chi connectivity index (χ1n) is 6.89. The molecule has 4 nitrogen and oxygen atoms in total. The Morgan fingerprint density at radius 2 is 1.67 bits per heavy atom. The molecule has 21 heavy (non-hydrogen) atoms. The van der Waals surface area contributed by atoms with Crippen LogP contribution in [0.2, 0.25) is 0 Å². The Balaban J connectivity index is 1.99. The van der Waals surface area contributed by atoms with Gasteiger partial charge in [0.2, 0.25) is 10.0 Å². The van der Waals surface area contributed by atoms with E-state index in [1.54, 1.807) is 30.3 Å². The van der Waals surface area contributed by atoms with Crippen LogP contribution in [0.5, 0.6) is 5.75 Å². The molecular weight excluding hydrogens is 286 g/mol. The molecule has 0 amide bonds. The lowest BCUT2D eigenvalue weighted by atomic mass is 10.1. The summed E-state index contributed by atoms with van der Waals surface area (Å²) in [7, 11) is -3.45. The van der Waals surface area contributed by atoms with Gasteiger partial charge in [-0.1, -0.05) is 36.4 Å². The van der Waals surface area contributed by atoms with Crippen molar-refractivity contribution in [2.75, 3.05) is 13.2 Å². The predicted octanol–water partition coefficient (Wildman–Crippen LogP) is 2.61. The minimum Gasteiger partial charge on any atom is -0.494 e. The zero-order valence-corrected chi connectivity index (χ0v) is 12.8. The van der Waals surface area contributed by atoms with Crippen LogP contribution in [0, 0.1) is 0 Å². The van der Waals surface area contributed by atoms with E-state index in [4.69, 9.17) is 4.74 Å². The highest BCUT2D eigenvalue weighted by Gasteiger charge is 2.12. The minimum absolute atomic E-state index is 0.281. The maximum atomic E-state index is 12.1. The molecule has 0 fully saturated rings. The van der Waals surface area contributed by atoms with Gasteiger partial charge in [-0.3, -0.25) is 0 Å². The van der Waals surface area contributed by atoms with Crippen LogP contribution in [0.4, 0.5) is 0 Å². The summed E-state index contributed by atoms with van der Waals surface area (Å²) in [5.74, 6) is 0.805. The third kappa shape index (κ3) is 4.31. The van der Waals surface area contributed by atoms with Gasteiger partial charge in [-0.15, -0.1) is 0 Å². The van der Waals surface area contributed by atoms with E-state index in [1.165, 1.54) is 0 Å². The smallest absolute Gasteiger partial charge is 0.240 e. The molecule has 2 rings (SSSR count). The molecule has 112 valence electrons. The van der Waals surface area contributed by atoms with Gasteiger partial charge in [-0.05, 0) is 37.1 Å². The maximum absolute atomic E-state index is 12.1. The van der Waals surface area contributed by atoms with Crippen molar-refractivity contribution >= 4 is 10.0 Å². The molecule has 0 atom stereocenters. The lowest BCUT2D eigenvalue weighted by molar-refractivity contribution is 0.336. The summed E-state index contributed by atoms with van der Waals surface area (Å²) < 4.78 is 32.3. The van der Waals surface area contributed by atoms with Crippen LogP contribution in [-0.4, -0.2) is 21.6 Å². The largest absolute Gasteiger partial charge is 0.494 e. The number of sulfonamides is 1. The first kappa shape index (κ1) is 15.5. The summed E-state index contributed by atoms with van der Waals surface area (Å²) in [6.07, 6.45) is 0.586. The van der Waals surface area contributed by atoms with Gasteiger partial charge in [-0.2, -0.15) is 0 Å². The summed E-state index contributed by atoms with van der Waals surface area (Å²) in [5, 5.41) is 0. The molecule has 0 bridgehead atoms. The quantitative estimate of drug-likeness (QED) is 0.855. The number of benzene rings is 2. The second-order valence-corrected chi connectivity index (χ2v) is 6.27. The molecule has 0 aliphatic carbocycles. The topological polar surface area (TPSA) is 55.4 Å². The van der Waals surface area contributed by atoms with Crippen molar-refractivity contribution in [3.05, 3.63) is 60.2 Å². The lowest BCUT2D eigenvalue weighted by Crippen LogP contribution is -2.26. The van der Waals surface area contributed by atoms with E-state index in [1.807, 2.05) is 31.2 Å². The third-order valence-electron chi connectivity index (χ3n) is 3.01. The average molecular weight is 305 g/mol. The molecule has 0 saturated heterocycles. The number of rotatable bonds is 7. The van der Waals surface area contributed by atoms with Crippen LogP contribution in [-0.2, 0) is 16.4 Å². The molecule has 0 aromatic heterocycles. The molecule has 0 aliphatic heterocycles. The highest BCUT2D eigenvalue weighted by molar-refractivity contribution is 7.89. The minimum atomic E-state index is -3.45. The molecule has 0 radical (unpaired) electrons. The molecule has 0 unspecified atom stereocenters. The van der Waals surface area contributed by atoms with Gasteiger partial charge >= 0.3 is 0 Å². The fraction of sp³-hybridized carbons (Fsp3) is 0.250. The zero-order chi connectivity index (χ0) is 15.1. The normalized spacial score (nSPS) is 11.3. The van der Waals surface area contributed by atoms with Crippen LogP contribution < -0.4 is 9.46 Å². The Labute approximate surface area is 125 Å². The number of hydrogen-bond donors (Lipinski definition) is 1. The summed E-state index contributed by atoms with van der Waals surface area (Å²) in [4.78, 5) is 0.281. The van der Waals surface area contributed by atoms with Crippen LogP contribution in [0.15, 0.2) is 59.5 Å².